The molecule has 0 radical (unpaired) electrons. The number of aromatic amines is 2. The van der Waals surface area contributed by atoms with E-state index in [0.29, 0.717) is 11.1 Å². The minimum absolute atomic E-state index is 0.544. The molecule has 1 aliphatic carbocycles. The summed E-state index contributed by atoms with van der Waals surface area (Å²) in [6.07, 6.45) is 9.69. The van der Waals surface area contributed by atoms with Crippen molar-refractivity contribution >= 4 is 28.3 Å². The van der Waals surface area contributed by atoms with Crippen molar-refractivity contribution in [2.75, 3.05) is 5.32 Å². The average molecular weight is 274 g/mol. The number of aromatic nitrogens is 4. The van der Waals surface area contributed by atoms with Crippen LogP contribution in [0.25, 0.3) is 22.2 Å². The topological polar surface area (TPSA) is 69.4 Å². The highest BCUT2D eigenvalue weighted by Gasteiger charge is 2.24. The number of pyridine rings is 1. The van der Waals surface area contributed by atoms with E-state index in [1.165, 1.54) is 12.8 Å². The highest BCUT2D eigenvalue weighted by molar-refractivity contribution is 6.36. The third kappa shape index (κ3) is 1.77. The molecule has 19 heavy (non-hydrogen) atoms. The molecule has 3 aromatic heterocycles. The number of nitrogens with one attached hydrogen (secondary N) is 3. The Morgan fingerprint density at radius 3 is 2.89 bits per heavy atom. The number of hydrogen-bond donors (Lipinski definition) is 3. The molecule has 0 aromatic carbocycles. The minimum atomic E-state index is 0.544. The molecule has 5 nitrogen and oxygen atoms in total. The molecular formula is C13H12ClN5. The Morgan fingerprint density at radius 1 is 1.26 bits per heavy atom. The van der Waals surface area contributed by atoms with E-state index in [9.17, 15) is 0 Å². The highest BCUT2D eigenvalue weighted by atomic mass is 35.5. The zero-order chi connectivity index (χ0) is 12.8. The molecule has 0 saturated heterocycles. The van der Waals surface area contributed by atoms with Crippen LogP contribution >= 0.6 is 11.6 Å². The fraction of sp³-hybridized carbons (Fsp3) is 0.231. The van der Waals surface area contributed by atoms with Crippen LogP contribution < -0.4 is 5.32 Å². The van der Waals surface area contributed by atoms with Crippen LogP contribution in [0, 0.1) is 0 Å². The maximum Gasteiger partial charge on any atom is 0.140 e. The SMILES string of the molecule is Clc1c[nH]c2ncc(-c3cn[nH]c3)c(NC3CC3)c12. The fourth-order valence-corrected chi connectivity index (χ4v) is 2.49. The Bertz CT molecular complexity index is 727. The van der Waals surface area contributed by atoms with Gasteiger partial charge >= 0.3 is 0 Å². The van der Waals surface area contributed by atoms with Gasteiger partial charge in [0.2, 0.25) is 0 Å². The number of H-pyrrole nitrogens is 2. The molecule has 6 heteroatoms. The highest BCUT2D eigenvalue weighted by Crippen LogP contribution is 2.39. The number of fused-ring (bicyclic) bond motifs is 1. The largest absolute Gasteiger partial charge is 0.381 e. The molecule has 0 unspecified atom stereocenters. The second kappa shape index (κ2) is 3.99. The first-order valence-electron chi connectivity index (χ1n) is 6.24. The lowest BCUT2D eigenvalue weighted by molar-refractivity contribution is 1.09. The van der Waals surface area contributed by atoms with Gasteiger partial charge in [-0.05, 0) is 12.8 Å². The van der Waals surface area contributed by atoms with E-state index in [-0.39, 0.29) is 0 Å². The predicted molar refractivity (Wildman–Crippen MR) is 75.3 cm³/mol. The van der Waals surface area contributed by atoms with E-state index in [2.05, 4.69) is 25.5 Å². The zero-order valence-corrected chi connectivity index (χ0v) is 10.8. The van der Waals surface area contributed by atoms with Crippen LogP contribution in [0.1, 0.15) is 12.8 Å². The molecule has 3 aromatic rings. The summed E-state index contributed by atoms with van der Waals surface area (Å²) in [6.45, 7) is 0. The van der Waals surface area contributed by atoms with Crippen LogP contribution in [0.15, 0.2) is 24.8 Å². The summed E-state index contributed by atoms with van der Waals surface area (Å²) in [5.74, 6) is 0. The van der Waals surface area contributed by atoms with Gasteiger partial charge < -0.3 is 10.3 Å². The summed E-state index contributed by atoms with van der Waals surface area (Å²) in [4.78, 5) is 7.51. The number of halogens is 1. The first kappa shape index (κ1) is 10.9. The van der Waals surface area contributed by atoms with Gasteiger partial charge in [0.15, 0.2) is 0 Å². The lowest BCUT2D eigenvalue weighted by Gasteiger charge is -2.11. The Labute approximate surface area is 114 Å². The molecule has 1 fully saturated rings. The standard InChI is InChI=1S/C13H12ClN5/c14-10-6-16-13-11(10)12(19-8-1-2-8)9(5-15-13)7-3-17-18-4-7/h3-6,8H,1-2H2,(H,17,18)(H2,15,16,19). The fourth-order valence-electron chi connectivity index (χ4n) is 2.26. The molecule has 3 heterocycles. The van der Waals surface area contributed by atoms with Gasteiger partial charge in [-0.1, -0.05) is 11.6 Å². The van der Waals surface area contributed by atoms with Crippen molar-refractivity contribution in [2.24, 2.45) is 0 Å². The maximum atomic E-state index is 6.28. The van der Waals surface area contributed by atoms with Crippen molar-refractivity contribution in [1.82, 2.24) is 20.2 Å². The first-order chi connectivity index (χ1) is 9.33. The first-order valence-corrected chi connectivity index (χ1v) is 6.62. The van der Waals surface area contributed by atoms with E-state index in [1.54, 1.807) is 12.4 Å². The summed E-state index contributed by atoms with van der Waals surface area (Å²) in [6, 6.07) is 0.544. The third-order valence-electron chi connectivity index (χ3n) is 3.39. The quantitative estimate of drug-likeness (QED) is 0.686. The number of nitrogens with zero attached hydrogens (tertiary/aromatic N) is 2. The molecular weight excluding hydrogens is 262 g/mol. The normalized spacial score (nSPS) is 15.0. The minimum Gasteiger partial charge on any atom is -0.381 e. The van der Waals surface area contributed by atoms with Crippen LogP contribution in [-0.2, 0) is 0 Å². The third-order valence-corrected chi connectivity index (χ3v) is 3.69. The van der Waals surface area contributed by atoms with E-state index in [4.69, 9.17) is 11.6 Å². The van der Waals surface area contributed by atoms with Crippen LogP contribution in [0.3, 0.4) is 0 Å². The predicted octanol–water partition coefficient (Wildman–Crippen LogP) is 3.18. The smallest absolute Gasteiger partial charge is 0.140 e. The molecule has 0 atom stereocenters. The lowest BCUT2D eigenvalue weighted by atomic mass is 10.1. The number of hydrogen-bond acceptors (Lipinski definition) is 3. The van der Waals surface area contributed by atoms with Crippen LogP contribution in [-0.4, -0.2) is 26.2 Å². The number of rotatable bonds is 3. The molecule has 96 valence electrons. The molecule has 0 aliphatic heterocycles. The van der Waals surface area contributed by atoms with Gasteiger partial charge in [-0.3, -0.25) is 5.10 Å². The van der Waals surface area contributed by atoms with E-state index >= 15 is 0 Å². The summed E-state index contributed by atoms with van der Waals surface area (Å²) in [7, 11) is 0. The summed E-state index contributed by atoms with van der Waals surface area (Å²) in [5, 5.41) is 12.0. The van der Waals surface area contributed by atoms with Crippen molar-refractivity contribution in [3.63, 3.8) is 0 Å². The Kier molecular flexibility index (Phi) is 2.29. The van der Waals surface area contributed by atoms with Crippen LogP contribution in [0.4, 0.5) is 5.69 Å². The Hall–Kier alpha value is -2.01. The molecule has 1 aliphatic rings. The Balaban J connectivity index is 1.98. The lowest BCUT2D eigenvalue weighted by Crippen LogP contribution is -2.03. The van der Waals surface area contributed by atoms with Gasteiger partial charge in [0.25, 0.3) is 0 Å². The van der Waals surface area contributed by atoms with Crippen LogP contribution in [0.2, 0.25) is 5.02 Å². The molecule has 4 rings (SSSR count). The van der Waals surface area contributed by atoms with Gasteiger partial charge in [0.1, 0.15) is 5.65 Å². The molecule has 3 N–H and O–H groups in total. The van der Waals surface area contributed by atoms with Crippen molar-refractivity contribution < 1.29 is 0 Å². The zero-order valence-electron chi connectivity index (χ0n) is 10.1. The van der Waals surface area contributed by atoms with Gasteiger partial charge in [0.05, 0.1) is 22.3 Å². The molecule has 0 bridgehead atoms. The molecule has 1 saturated carbocycles. The van der Waals surface area contributed by atoms with Gasteiger partial charge in [-0.15, -0.1) is 0 Å². The summed E-state index contributed by atoms with van der Waals surface area (Å²) >= 11 is 6.28. The molecule has 0 spiro atoms. The van der Waals surface area contributed by atoms with Crippen molar-refractivity contribution in [2.45, 2.75) is 18.9 Å². The van der Waals surface area contributed by atoms with E-state index in [0.717, 1.165) is 27.8 Å². The van der Waals surface area contributed by atoms with Crippen LogP contribution in [0.5, 0.6) is 0 Å². The second-order valence-electron chi connectivity index (χ2n) is 4.81. The van der Waals surface area contributed by atoms with E-state index in [1.807, 2.05) is 12.4 Å². The second-order valence-corrected chi connectivity index (χ2v) is 5.22. The van der Waals surface area contributed by atoms with Gasteiger partial charge in [-0.2, -0.15) is 5.10 Å². The van der Waals surface area contributed by atoms with Gasteiger partial charge in [-0.25, -0.2) is 4.98 Å². The Morgan fingerprint density at radius 2 is 2.16 bits per heavy atom. The maximum absolute atomic E-state index is 6.28. The van der Waals surface area contributed by atoms with Gasteiger partial charge in [0, 0.05) is 35.8 Å². The summed E-state index contributed by atoms with van der Waals surface area (Å²) < 4.78 is 0. The van der Waals surface area contributed by atoms with Crippen molar-refractivity contribution in [3.05, 3.63) is 29.8 Å². The number of anilines is 1. The van der Waals surface area contributed by atoms with E-state index < -0.39 is 0 Å². The van der Waals surface area contributed by atoms with Crippen molar-refractivity contribution in [3.8, 4) is 11.1 Å². The molecule has 0 amide bonds. The monoisotopic (exact) mass is 273 g/mol. The summed E-state index contributed by atoms with van der Waals surface area (Å²) in [5.41, 5.74) is 3.88. The average Bonchev–Trinajstić information content (AvgIpc) is 2.92. The van der Waals surface area contributed by atoms with Crippen molar-refractivity contribution in [1.29, 1.82) is 0 Å².